The molecule has 2 aromatic carbocycles. The highest BCUT2D eigenvalue weighted by molar-refractivity contribution is 6.39. The molecule has 0 unspecified atom stereocenters. The highest BCUT2D eigenvalue weighted by Gasteiger charge is 2.13. The van der Waals surface area contributed by atoms with E-state index in [1.54, 1.807) is 18.2 Å². The Hall–Kier alpha value is -3.25. The van der Waals surface area contributed by atoms with Gasteiger partial charge in [-0.1, -0.05) is 35.9 Å². The lowest BCUT2D eigenvalue weighted by molar-refractivity contribution is -0.136. The molecule has 0 spiro atoms. The molecule has 6 nitrogen and oxygen atoms in total. The van der Waals surface area contributed by atoms with Crippen LogP contribution in [-0.4, -0.2) is 23.0 Å². The van der Waals surface area contributed by atoms with Crippen LogP contribution >= 0.6 is 11.6 Å². The predicted octanol–water partition coefficient (Wildman–Crippen LogP) is 3.59. The van der Waals surface area contributed by atoms with Gasteiger partial charge in [-0.15, -0.1) is 0 Å². The van der Waals surface area contributed by atoms with Crippen LogP contribution in [0.4, 0.5) is 5.69 Å². The Morgan fingerprint density at radius 3 is 2.59 bits per heavy atom. The molecule has 3 aromatic rings. The van der Waals surface area contributed by atoms with Crippen LogP contribution in [0.3, 0.4) is 0 Å². The standard InChI is InChI=1S/C20H17ClN4O2/c1-12-4-3-5-16(8-12)23-19(26)20(27)25-22-11-15-10-14-7-6-13(2)9-17(14)24-18(15)21/h3-11H,1-2H3,(H,23,26)(H,25,27)/b22-11+. The molecule has 2 N–H and O–H groups in total. The quantitative estimate of drug-likeness (QED) is 0.315. The van der Waals surface area contributed by atoms with Crippen molar-refractivity contribution in [1.29, 1.82) is 0 Å². The summed E-state index contributed by atoms with van der Waals surface area (Å²) < 4.78 is 0. The molecular formula is C20H17ClN4O2. The van der Waals surface area contributed by atoms with Gasteiger partial charge in [0.1, 0.15) is 5.15 Å². The highest BCUT2D eigenvalue weighted by atomic mass is 35.5. The van der Waals surface area contributed by atoms with Gasteiger partial charge in [-0.25, -0.2) is 10.4 Å². The zero-order valence-corrected chi connectivity index (χ0v) is 15.5. The van der Waals surface area contributed by atoms with E-state index in [0.717, 1.165) is 22.0 Å². The number of hydrogen-bond donors (Lipinski definition) is 2. The molecule has 7 heteroatoms. The summed E-state index contributed by atoms with van der Waals surface area (Å²) in [5.74, 6) is -1.69. The van der Waals surface area contributed by atoms with Gasteiger partial charge in [0.15, 0.2) is 0 Å². The summed E-state index contributed by atoms with van der Waals surface area (Å²) in [5.41, 5.74) is 6.09. The van der Waals surface area contributed by atoms with Crippen molar-refractivity contribution in [2.45, 2.75) is 13.8 Å². The minimum absolute atomic E-state index is 0.260. The molecular weight excluding hydrogens is 364 g/mol. The van der Waals surface area contributed by atoms with Gasteiger partial charge in [-0.05, 0) is 49.2 Å². The molecule has 0 aliphatic heterocycles. The molecule has 0 atom stereocenters. The van der Waals surface area contributed by atoms with Crippen molar-refractivity contribution in [3.63, 3.8) is 0 Å². The van der Waals surface area contributed by atoms with Crippen LogP contribution in [0.1, 0.15) is 16.7 Å². The van der Waals surface area contributed by atoms with Gasteiger partial charge in [-0.3, -0.25) is 9.59 Å². The fourth-order valence-corrected chi connectivity index (χ4v) is 2.68. The van der Waals surface area contributed by atoms with E-state index in [9.17, 15) is 9.59 Å². The number of nitrogens with one attached hydrogen (secondary N) is 2. The molecule has 0 saturated heterocycles. The molecule has 0 saturated carbocycles. The number of carbonyl (C=O) groups excluding carboxylic acids is 2. The van der Waals surface area contributed by atoms with Crippen molar-refractivity contribution < 1.29 is 9.59 Å². The highest BCUT2D eigenvalue weighted by Crippen LogP contribution is 2.20. The van der Waals surface area contributed by atoms with Gasteiger partial charge in [-0.2, -0.15) is 5.10 Å². The summed E-state index contributed by atoms with van der Waals surface area (Å²) in [6.45, 7) is 3.87. The van der Waals surface area contributed by atoms with E-state index < -0.39 is 11.8 Å². The van der Waals surface area contributed by atoms with Gasteiger partial charge in [0.25, 0.3) is 0 Å². The van der Waals surface area contributed by atoms with Crippen LogP contribution < -0.4 is 10.7 Å². The second-order valence-corrected chi connectivity index (χ2v) is 6.45. The maximum absolute atomic E-state index is 11.9. The number of rotatable bonds is 3. The Kier molecular flexibility index (Phi) is 5.47. The second-order valence-electron chi connectivity index (χ2n) is 6.09. The number of pyridine rings is 1. The van der Waals surface area contributed by atoms with Gasteiger partial charge < -0.3 is 5.32 Å². The smallest absolute Gasteiger partial charge is 0.318 e. The number of hydrogen-bond acceptors (Lipinski definition) is 4. The monoisotopic (exact) mass is 380 g/mol. The summed E-state index contributed by atoms with van der Waals surface area (Å²) >= 11 is 6.16. The fourth-order valence-electron chi connectivity index (χ4n) is 2.48. The number of anilines is 1. The average molecular weight is 381 g/mol. The van der Waals surface area contributed by atoms with E-state index in [0.29, 0.717) is 11.3 Å². The zero-order valence-electron chi connectivity index (χ0n) is 14.8. The van der Waals surface area contributed by atoms with E-state index in [1.165, 1.54) is 6.21 Å². The zero-order chi connectivity index (χ0) is 19.4. The van der Waals surface area contributed by atoms with Crippen LogP contribution in [0.15, 0.2) is 53.6 Å². The number of aromatic nitrogens is 1. The number of hydrazone groups is 1. The first kappa shape index (κ1) is 18.5. The van der Waals surface area contributed by atoms with Crippen molar-refractivity contribution >= 4 is 46.2 Å². The molecule has 1 aromatic heterocycles. The van der Waals surface area contributed by atoms with E-state index in [1.807, 2.05) is 44.2 Å². The molecule has 2 amide bonds. The lowest BCUT2D eigenvalue weighted by Crippen LogP contribution is -2.32. The number of benzene rings is 2. The summed E-state index contributed by atoms with van der Waals surface area (Å²) in [6, 6.07) is 14.8. The van der Waals surface area contributed by atoms with Crippen LogP contribution in [0.5, 0.6) is 0 Å². The number of amides is 2. The Morgan fingerprint density at radius 1 is 1.04 bits per heavy atom. The van der Waals surface area contributed by atoms with Crippen LogP contribution in [0, 0.1) is 13.8 Å². The van der Waals surface area contributed by atoms with Crippen LogP contribution in [0.2, 0.25) is 5.15 Å². The predicted molar refractivity (Wildman–Crippen MR) is 107 cm³/mol. The molecule has 0 bridgehead atoms. The number of nitrogens with zero attached hydrogens (tertiary/aromatic N) is 2. The normalized spacial score (nSPS) is 10.9. The summed E-state index contributed by atoms with van der Waals surface area (Å²) in [5, 5.41) is 7.46. The van der Waals surface area contributed by atoms with E-state index in [4.69, 9.17) is 11.6 Å². The molecule has 3 rings (SSSR count). The van der Waals surface area contributed by atoms with Crippen molar-refractivity contribution in [1.82, 2.24) is 10.4 Å². The minimum Gasteiger partial charge on any atom is -0.318 e. The first-order valence-electron chi connectivity index (χ1n) is 8.20. The third-order valence-electron chi connectivity index (χ3n) is 3.81. The number of fused-ring (bicyclic) bond motifs is 1. The van der Waals surface area contributed by atoms with Gasteiger partial charge in [0.2, 0.25) is 0 Å². The topological polar surface area (TPSA) is 83.5 Å². The fraction of sp³-hybridized carbons (Fsp3) is 0.100. The lowest BCUT2D eigenvalue weighted by atomic mass is 10.1. The lowest BCUT2D eigenvalue weighted by Gasteiger charge is -2.05. The first-order valence-corrected chi connectivity index (χ1v) is 8.58. The number of aryl methyl sites for hydroxylation is 2. The SMILES string of the molecule is Cc1cccc(NC(=O)C(=O)N/N=C/c2cc3ccc(C)cc3nc2Cl)c1. The Labute approximate surface area is 161 Å². The van der Waals surface area contributed by atoms with Gasteiger partial charge in [0.05, 0.1) is 11.7 Å². The molecule has 0 radical (unpaired) electrons. The largest absolute Gasteiger partial charge is 0.329 e. The maximum Gasteiger partial charge on any atom is 0.329 e. The van der Waals surface area contributed by atoms with Crippen molar-refractivity contribution in [3.05, 3.63) is 70.4 Å². The van der Waals surface area contributed by atoms with Gasteiger partial charge >= 0.3 is 11.8 Å². The molecule has 0 aliphatic rings. The Balaban J connectivity index is 1.66. The number of carbonyl (C=O) groups is 2. The Morgan fingerprint density at radius 2 is 1.81 bits per heavy atom. The molecule has 0 fully saturated rings. The summed E-state index contributed by atoms with van der Waals surface area (Å²) in [6.07, 6.45) is 1.35. The average Bonchev–Trinajstić information content (AvgIpc) is 2.62. The molecule has 0 aliphatic carbocycles. The Bertz CT molecular complexity index is 1060. The molecule has 27 heavy (non-hydrogen) atoms. The summed E-state index contributed by atoms with van der Waals surface area (Å²) in [7, 11) is 0. The van der Waals surface area contributed by atoms with E-state index in [2.05, 4.69) is 20.8 Å². The van der Waals surface area contributed by atoms with Crippen molar-refractivity contribution in [3.8, 4) is 0 Å². The maximum atomic E-state index is 11.9. The van der Waals surface area contributed by atoms with Gasteiger partial charge in [0, 0.05) is 16.6 Å². The summed E-state index contributed by atoms with van der Waals surface area (Å²) in [4.78, 5) is 28.1. The molecule has 1 heterocycles. The van der Waals surface area contributed by atoms with E-state index in [-0.39, 0.29) is 5.15 Å². The van der Waals surface area contributed by atoms with Crippen molar-refractivity contribution in [2.75, 3.05) is 5.32 Å². The van der Waals surface area contributed by atoms with Crippen LogP contribution in [-0.2, 0) is 9.59 Å². The third-order valence-corrected chi connectivity index (χ3v) is 4.11. The van der Waals surface area contributed by atoms with E-state index >= 15 is 0 Å². The first-order chi connectivity index (χ1) is 12.9. The third kappa shape index (κ3) is 4.68. The second kappa shape index (κ2) is 7.97. The minimum atomic E-state index is -0.881. The molecule has 136 valence electrons. The van der Waals surface area contributed by atoms with Crippen LogP contribution in [0.25, 0.3) is 10.9 Å². The number of halogens is 1. The van der Waals surface area contributed by atoms with Crippen molar-refractivity contribution in [2.24, 2.45) is 5.10 Å².